The summed E-state index contributed by atoms with van der Waals surface area (Å²) in [5.74, 6) is -0.557. The summed E-state index contributed by atoms with van der Waals surface area (Å²) in [4.78, 5) is 27.1. The molecule has 6 nitrogen and oxygen atoms in total. The molecule has 4 rings (SSSR count). The number of fused-ring (bicyclic) bond motifs is 1. The molecule has 0 atom stereocenters. The van der Waals surface area contributed by atoms with Crippen LogP contribution in [-0.4, -0.2) is 29.9 Å². The number of carbonyl (C=O) groups excluding carboxylic acids is 2. The maximum Gasteiger partial charge on any atom is 0.253 e. The van der Waals surface area contributed by atoms with Crippen LogP contribution in [0.1, 0.15) is 53.9 Å². The maximum atomic E-state index is 13.1. The molecule has 0 saturated heterocycles. The topological polar surface area (TPSA) is 100 Å². The third-order valence-electron chi connectivity index (χ3n) is 5.51. The Morgan fingerprint density at radius 3 is 2.70 bits per heavy atom. The third-order valence-corrected chi connectivity index (χ3v) is 5.51. The smallest absolute Gasteiger partial charge is 0.253 e. The fourth-order valence-corrected chi connectivity index (χ4v) is 3.87. The van der Waals surface area contributed by atoms with Crippen LogP contribution in [0.25, 0.3) is 16.5 Å². The third kappa shape index (κ3) is 5.61. The van der Waals surface area contributed by atoms with Crippen molar-refractivity contribution in [1.82, 2.24) is 15.6 Å². The van der Waals surface area contributed by atoms with Crippen LogP contribution in [0, 0.1) is 12.7 Å². The number of allylic oxidation sites excluding steroid dienone is 1. The lowest BCUT2D eigenvalue weighted by atomic mass is 10.0. The van der Waals surface area contributed by atoms with Crippen molar-refractivity contribution in [3.05, 3.63) is 70.7 Å². The van der Waals surface area contributed by atoms with E-state index in [2.05, 4.69) is 34.7 Å². The Balaban J connectivity index is 0.000000186. The summed E-state index contributed by atoms with van der Waals surface area (Å²) in [5.41, 5.74) is 11.1. The number of nitrogens with two attached hydrogens (primary N) is 1. The average molecular weight is 451 g/mol. The number of hydrogen-bond acceptors (Lipinski definition) is 3. The summed E-state index contributed by atoms with van der Waals surface area (Å²) < 4.78 is 13.1. The Morgan fingerprint density at radius 2 is 1.97 bits per heavy atom. The highest BCUT2D eigenvalue weighted by molar-refractivity contribution is 6.21. The zero-order valence-electron chi connectivity index (χ0n) is 19.3. The number of anilines is 1. The minimum Gasteiger partial charge on any atom is -0.398 e. The lowest BCUT2D eigenvalue weighted by molar-refractivity contribution is -0.115. The van der Waals surface area contributed by atoms with E-state index >= 15 is 0 Å². The summed E-state index contributed by atoms with van der Waals surface area (Å²) in [6.45, 7) is 7.33. The van der Waals surface area contributed by atoms with E-state index in [4.69, 9.17) is 5.73 Å². The first-order valence-corrected chi connectivity index (χ1v) is 11.3. The molecule has 0 radical (unpaired) electrons. The van der Waals surface area contributed by atoms with Gasteiger partial charge in [0.05, 0.1) is 5.56 Å². The van der Waals surface area contributed by atoms with Crippen LogP contribution in [0.15, 0.2) is 42.5 Å². The van der Waals surface area contributed by atoms with Crippen LogP contribution < -0.4 is 16.4 Å². The highest BCUT2D eigenvalue weighted by Gasteiger charge is 2.17. The van der Waals surface area contributed by atoms with Crippen LogP contribution in [0.4, 0.5) is 10.1 Å². The molecule has 1 aliphatic rings. The van der Waals surface area contributed by atoms with Crippen molar-refractivity contribution in [3.63, 3.8) is 0 Å². The number of rotatable bonds is 4. The number of aryl methyl sites for hydroxylation is 2. The molecule has 33 heavy (non-hydrogen) atoms. The number of aromatic nitrogens is 1. The molecular formula is C26H31FN4O2. The average Bonchev–Trinajstić information content (AvgIpc) is 3.02. The predicted octanol–water partition coefficient (Wildman–Crippen LogP) is 4.49. The van der Waals surface area contributed by atoms with E-state index in [1.165, 1.54) is 23.8 Å². The van der Waals surface area contributed by atoms with Crippen molar-refractivity contribution < 1.29 is 14.0 Å². The molecule has 1 aliphatic heterocycles. The van der Waals surface area contributed by atoms with Crippen molar-refractivity contribution in [3.8, 4) is 0 Å². The van der Waals surface area contributed by atoms with E-state index in [-0.39, 0.29) is 17.6 Å². The molecule has 1 aromatic heterocycles. The first-order valence-electron chi connectivity index (χ1n) is 11.3. The highest BCUT2D eigenvalue weighted by Crippen LogP contribution is 2.25. The first-order chi connectivity index (χ1) is 15.8. The number of halogens is 1. The molecule has 0 unspecified atom stereocenters. The quantitative estimate of drug-likeness (QED) is 0.441. The standard InChI is InChI=1S/C14H18N2O.C12H13FN2O/c1-4-11-13(14(17)15-5-2)10-8-9(3)6-7-12(10)16-11;13-8-4-5-11(14)10(7-8)9-3-1-2-6-15-12(9)16/h6-8,16H,4-5H2,1-3H3,(H,15,17);3-5,7H,1-2,6,14H2,(H,15,16). The van der Waals surface area contributed by atoms with Gasteiger partial charge in [-0.3, -0.25) is 9.59 Å². The Bertz CT molecular complexity index is 1200. The number of aromatic amines is 1. The molecular weight excluding hydrogens is 419 g/mol. The van der Waals surface area contributed by atoms with Gasteiger partial charge in [-0.1, -0.05) is 24.6 Å². The van der Waals surface area contributed by atoms with Crippen molar-refractivity contribution >= 4 is 34.0 Å². The van der Waals surface area contributed by atoms with Crippen LogP contribution in [-0.2, 0) is 11.2 Å². The molecule has 0 saturated carbocycles. The van der Waals surface area contributed by atoms with Gasteiger partial charge in [0.2, 0.25) is 0 Å². The summed E-state index contributed by atoms with van der Waals surface area (Å²) in [6, 6.07) is 10.2. The molecule has 2 amide bonds. The zero-order chi connectivity index (χ0) is 24.0. The number of nitrogens with one attached hydrogen (secondary N) is 3. The second-order valence-electron chi connectivity index (χ2n) is 7.99. The molecule has 0 fully saturated rings. The van der Waals surface area contributed by atoms with Gasteiger partial charge < -0.3 is 21.4 Å². The Labute approximate surface area is 193 Å². The molecule has 2 heterocycles. The van der Waals surface area contributed by atoms with Gasteiger partial charge in [0.25, 0.3) is 11.8 Å². The Kier molecular flexibility index (Phi) is 7.87. The number of benzene rings is 2. The monoisotopic (exact) mass is 450 g/mol. The summed E-state index contributed by atoms with van der Waals surface area (Å²) >= 11 is 0. The van der Waals surface area contributed by atoms with Gasteiger partial charge in [0, 0.05) is 46.5 Å². The van der Waals surface area contributed by atoms with E-state index < -0.39 is 0 Å². The molecule has 174 valence electrons. The van der Waals surface area contributed by atoms with Crippen LogP contribution in [0.2, 0.25) is 0 Å². The van der Waals surface area contributed by atoms with E-state index in [1.807, 2.05) is 26.0 Å². The summed E-state index contributed by atoms with van der Waals surface area (Å²) in [5, 5.41) is 6.65. The van der Waals surface area contributed by atoms with E-state index in [0.29, 0.717) is 29.9 Å². The molecule has 3 aromatic rings. The van der Waals surface area contributed by atoms with Crippen LogP contribution in [0.3, 0.4) is 0 Å². The number of hydrogen-bond donors (Lipinski definition) is 4. The van der Waals surface area contributed by atoms with Crippen molar-refractivity contribution in [2.75, 3.05) is 18.8 Å². The molecule has 0 spiro atoms. The Morgan fingerprint density at radius 1 is 1.18 bits per heavy atom. The molecule has 5 N–H and O–H groups in total. The van der Waals surface area contributed by atoms with Gasteiger partial charge in [-0.15, -0.1) is 0 Å². The molecule has 2 aromatic carbocycles. The summed E-state index contributed by atoms with van der Waals surface area (Å²) in [6.07, 6.45) is 4.34. The van der Waals surface area contributed by atoms with Gasteiger partial charge in [-0.25, -0.2) is 4.39 Å². The lowest BCUT2D eigenvalue weighted by Gasteiger charge is -2.08. The SMILES string of the molecule is CCNC(=O)c1c(CC)[nH]c2ccc(C)cc12.Nc1ccc(F)cc1C1=CCCCNC1=O. The fraction of sp³-hybridized carbons (Fsp3) is 0.308. The molecule has 7 heteroatoms. The number of nitrogen functional groups attached to an aromatic ring is 1. The van der Waals surface area contributed by atoms with Gasteiger partial charge in [0.15, 0.2) is 0 Å². The van der Waals surface area contributed by atoms with Crippen molar-refractivity contribution in [1.29, 1.82) is 0 Å². The largest absolute Gasteiger partial charge is 0.398 e. The maximum absolute atomic E-state index is 13.1. The minimum absolute atomic E-state index is 0.0150. The number of H-pyrrole nitrogens is 1. The predicted molar refractivity (Wildman–Crippen MR) is 131 cm³/mol. The van der Waals surface area contributed by atoms with Crippen molar-refractivity contribution in [2.45, 2.75) is 40.0 Å². The van der Waals surface area contributed by atoms with Gasteiger partial charge >= 0.3 is 0 Å². The van der Waals surface area contributed by atoms with Crippen LogP contribution >= 0.6 is 0 Å². The number of carbonyl (C=O) groups is 2. The Hall–Kier alpha value is -3.61. The summed E-state index contributed by atoms with van der Waals surface area (Å²) in [7, 11) is 0. The van der Waals surface area contributed by atoms with E-state index in [0.717, 1.165) is 41.4 Å². The second kappa shape index (κ2) is 10.8. The first kappa shape index (κ1) is 24.0. The van der Waals surface area contributed by atoms with Gasteiger partial charge in [-0.2, -0.15) is 0 Å². The molecule has 0 bridgehead atoms. The van der Waals surface area contributed by atoms with Crippen LogP contribution in [0.5, 0.6) is 0 Å². The van der Waals surface area contributed by atoms with E-state index in [9.17, 15) is 14.0 Å². The normalized spacial score (nSPS) is 13.5. The fourth-order valence-electron chi connectivity index (χ4n) is 3.87. The number of amides is 2. The zero-order valence-corrected chi connectivity index (χ0v) is 19.3. The molecule has 0 aliphatic carbocycles. The van der Waals surface area contributed by atoms with E-state index in [1.54, 1.807) is 0 Å². The van der Waals surface area contributed by atoms with Gasteiger partial charge in [0.1, 0.15) is 5.82 Å². The van der Waals surface area contributed by atoms with Crippen molar-refractivity contribution in [2.24, 2.45) is 0 Å². The minimum atomic E-state index is -0.387. The second-order valence-corrected chi connectivity index (χ2v) is 7.99. The highest BCUT2D eigenvalue weighted by atomic mass is 19.1. The lowest BCUT2D eigenvalue weighted by Crippen LogP contribution is -2.23. The van der Waals surface area contributed by atoms with Gasteiger partial charge in [-0.05, 0) is 63.4 Å².